The van der Waals surface area contributed by atoms with Gasteiger partial charge in [-0.2, -0.15) is 0 Å². The number of thiophene rings is 1. The van der Waals surface area contributed by atoms with Crippen molar-refractivity contribution in [2.75, 3.05) is 0 Å². The maximum atomic E-state index is 13.5. The molecule has 4 atom stereocenters. The van der Waals surface area contributed by atoms with E-state index >= 15 is 0 Å². The molecule has 4 unspecified atom stereocenters. The SMILES string of the molecule is CC(C)(C)N1C(=O)C2C(c3cccs3)NC(CC3CCCCC3)(C(=O)O)C2C1=O. The van der Waals surface area contributed by atoms with Crippen LogP contribution in [0.2, 0.25) is 0 Å². The second kappa shape index (κ2) is 7.20. The molecule has 4 rings (SSSR count). The van der Waals surface area contributed by atoms with Crippen LogP contribution in [0.3, 0.4) is 0 Å². The summed E-state index contributed by atoms with van der Waals surface area (Å²) in [6.45, 7) is 5.50. The Morgan fingerprint density at radius 1 is 1.24 bits per heavy atom. The Morgan fingerprint density at radius 3 is 2.48 bits per heavy atom. The summed E-state index contributed by atoms with van der Waals surface area (Å²) in [5, 5.41) is 15.7. The molecule has 1 saturated carbocycles. The molecule has 0 radical (unpaired) electrons. The van der Waals surface area contributed by atoms with Crippen LogP contribution in [0.4, 0.5) is 0 Å². The van der Waals surface area contributed by atoms with Crippen LogP contribution in [0.1, 0.15) is 70.2 Å². The minimum Gasteiger partial charge on any atom is -0.480 e. The van der Waals surface area contributed by atoms with E-state index < -0.39 is 34.9 Å². The number of aliphatic carboxylic acids is 1. The minimum absolute atomic E-state index is 0.245. The van der Waals surface area contributed by atoms with Gasteiger partial charge in [0.2, 0.25) is 11.8 Å². The maximum absolute atomic E-state index is 13.5. The molecular formula is C22H30N2O4S. The average Bonchev–Trinajstić information content (AvgIpc) is 3.33. The van der Waals surface area contributed by atoms with Gasteiger partial charge < -0.3 is 5.11 Å². The van der Waals surface area contributed by atoms with E-state index in [1.165, 1.54) is 22.7 Å². The van der Waals surface area contributed by atoms with Gasteiger partial charge >= 0.3 is 5.97 Å². The van der Waals surface area contributed by atoms with Crippen molar-refractivity contribution < 1.29 is 19.5 Å². The smallest absolute Gasteiger partial charge is 0.324 e. The third-order valence-corrected chi connectivity index (χ3v) is 7.85. The Hall–Kier alpha value is -1.73. The number of hydrogen-bond donors (Lipinski definition) is 2. The van der Waals surface area contributed by atoms with Crippen LogP contribution in [-0.4, -0.2) is 38.9 Å². The van der Waals surface area contributed by atoms with Crippen LogP contribution in [0, 0.1) is 17.8 Å². The molecule has 0 aromatic carbocycles. The fraction of sp³-hybridized carbons (Fsp3) is 0.682. The number of likely N-dealkylation sites (tertiary alicyclic amines) is 1. The first-order valence-electron chi connectivity index (χ1n) is 10.6. The van der Waals surface area contributed by atoms with E-state index in [4.69, 9.17) is 0 Å². The Kier molecular flexibility index (Phi) is 5.10. The van der Waals surface area contributed by atoms with E-state index in [-0.39, 0.29) is 17.7 Å². The molecule has 1 aromatic rings. The van der Waals surface area contributed by atoms with Crippen molar-refractivity contribution in [1.29, 1.82) is 0 Å². The first-order valence-corrected chi connectivity index (χ1v) is 11.5. The molecule has 3 heterocycles. The predicted molar refractivity (Wildman–Crippen MR) is 110 cm³/mol. The summed E-state index contributed by atoms with van der Waals surface area (Å²) in [5.74, 6) is -2.85. The fourth-order valence-electron chi connectivity index (χ4n) is 5.69. The number of carbonyl (C=O) groups excluding carboxylic acids is 2. The normalized spacial score (nSPS) is 33.3. The first kappa shape index (κ1) is 20.5. The van der Waals surface area contributed by atoms with Gasteiger partial charge in [-0.3, -0.25) is 24.6 Å². The Bertz CT molecular complexity index is 809. The van der Waals surface area contributed by atoms with Crippen molar-refractivity contribution in [3.63, 3.8) is 0 Å². The number of rotatable bonds is 4. The van der Waals surface area contributed by atoms with Crippen LogP contribution < -0.4 is 5.32 Å². The predicted octanol–water partition coefficient (Wildman–Crippen LogP) is 3.59. The number of carbonyl (C=O) groups is 3. The van der Waals surface area contributed by atoms with Gasteiger partial charge in [0.15, 0.2) is 0 Å². The highest BCUT2D eigenvalue weighted by Gasteiger charge is 2.69. The number of imide groups is 1. The van der Waals surface area contributed by atoms with Gasteiger partial charge in [0.05, 0.1) is 17.9 Å². The van der Waals surface area contributed by atoms with Crippen molar-refractivity contribution in [3.05, 3.63) is 22.4 Å². The zero-order chi connectivity index (χ0) is 21.0. The molecule has 29 heavy (non-hydrogen) atoms. The highest BCUT2D eigenvalue weighted by molar-refractivity contribution is 7.10. The topological polar surface area (TPSA) is 86.7 Å². The molecule has 2 aliphatic heterocycles. The lowest BCUT2D eigenvalue weighted by atomic mass is 9.72. The Labute approximate surface area is 175 Å². The molecule has 0 bridgehead atoms. The third kappa shape index (κ3) is 3.22. The van der Waals surface area contributed by atoms with E-state index in [1.54, 1.807) is 0 Å². The highest BCUT2D eigenvalue weighted by atomic mass is 32.1. The molecule has 158 valence electrons. The van der Waals surface area contributed by atoms with Crippen LogP contribution in [0.15, 0.2) is 17.5 Å². The number of amides is 2. The number of fused-ring (bicyclic) bond motifs is 1. The van der Waals surface area contributed by atoms with Crippen molar-refractivity contribution in [1.82, 2.24) is 10.2 Å². The van der Waals surface area contributed by atoms with E-state index in [9.17, 15) is 19.5 Å². The van der Waals surface area contributed by atoms with Gasteiger partial charge in [-0.05, 0) is 44.6 Å². The van der Waals surface area contributed by atoms with Gasteiger partial charge in [0, 0.05) is 10.4 Å². The molecule has 1 aliphatic carbocycles. The summed E-state index contributed by atoms with van der Waals surface area (Å²) in [7, 11) is 0. The summed E-state index contributed by atoms with van der Waals surface area (Å²) in [6, 6.07) is 3.39. The van der Waals surface area contributed by atoms with Gasteiger partial charge in [-0.1, -0.05) is 38.2 Å². The number of nitrogens with one attached hydrogen (secondary N) is 1. The minimum atomic E-state index is -1.39. The third-order valence-electron chi connectivity index (χ3n) is 6.89. The second-order valence-electron chi connectivity index (χ2n) is 9.81. The number of carboxylic acids is 1. The van der Waals surface area contributed by atoms with Crippen molar-refractivity contribution in [3.8, 4) is 0 Å². The lowest BCUT2D eigenvalue weighted by Crippen LogP contribution is -2.58. The molecule has 2 saturated heterocycles. The standard InChI is InChI=1S/C22H30N2O4S/c1-21(2,3)24-18(25)15-16(19(24)26)22(20(27)28,12-13-8-5-4-6-9-13)23-17(15)14-10-7-11-29-14/h7,10-11,13,15-17,23H,4-6,8-9,12H2,1-3H3,(H,27,28). The summed E-state index contributed by atoms with van der Waals surface area (Å²) in [4.78, 5) is 41.9. The molecule has 6 nitrogen and oxygen atoms in total. The summed E-state index contributed by atoms with van der Waals surface area (Å²) < 4.78 is 0. The van der Waals surface area contributed by atoms with Crippen LogP contribution in [0.5, 0.6) is 0 Å². The van der Waals surface area contributed by atoms with Crippen LogP contribution in [0.25, 0.3) is 0 Å². The van der Waals surface area contributed by atoms with E-state index in [2.05, 4.69) is 5.32 Å². The van der Waals surface area contributed by atoms with Crippen molar-refractivity contribution in [2.24, 2.45) is 17.8 Å². The highest BCUT2D eigenvalue weighted by Crippen LogP contribution is 2.53. The van der Waals surface area contributed by atoms with Gasteiger partial charge in [0.25, 0.3) is 0 Å². The average molecular weight is 419 g/mol. The lowest BCUT2D eigenvalue weighted by molar-refractivity contribution is -0.154. The Morgan fingerprint density at radius 2 is 1.93 bits per heavy atom. The summed E-state index contributed by atoms with van der Waals surface area (Å²) in [6.07, 6.45) is 5.77. The molecular weight excluding hydrogens is 388 g/mol. The van der Waals surface area contributed by atoms with Gasteiger partial charge in [-0.15, -0.1) is 11.3 Å². The summed E-state index contributed by atoms with van der Waals surface area (Å²) >= 11 is 1.50. The Balaban J connectivity index is 1.79. The zero-order valence-corrected chi connectivity index (χ0v) is 18.1. The van der Waals surface area contributed by atoms with Gasteiger partial charge in [0.1, 0.15) is 5.54 Å². The molecule has 2 amide bonds. The number of hydrogen-bond acceptors (Lipinski definition) is 5. The number of nitrogens with zero attached hydrogens (tertiary/aromatic N) is 1. The van der Waals surface area contributed by atoms with Crippen molar-refractivity contribution >= 4 is 29.1 Å². The van der Waals surface area contributed by atoms with E-state index in [1.807, 2.05) is 38.3 Å². The zero-order valence-electron chi connectivity index (χ0n) is 17.3. The molecule has 1 aromatic heterocycles. The van der Waals surface area contributed by atoms with E-state index in [0.29, 0.717) is 6.42 Å². The molecule has 3 fully saturated rings. The van der Waals surface area contributed by atoms with Crippen LogP contribution >= 0.6 is 11.3 Å². The molecule has 2 N–H and O–H groups in total. The largest absolute Gasteiger partial charge is 0.480 e. The summed E-state index contributed by atoms with van der Waals surface area (Å²) in [5.41, 5.74) is -2.07. The van der Waals surface area contributed by atoms with Crippen molar-refractivity contribution in [2.45, 2.75) is 76.4 Å². The number of carboxylic acid groups (broad SMARTS) is 1. The van der Waals surface area contributed by atoms with E-state index in [0.717, 1.165) is 30.6 Å². The molecule has 0 spiro atoms. The molecule has 7 heteroatoms. The first-order chi connectivity index (χ1) is 13.7. The second-order valence-corrected chi connectivity index (χ2v) is 10.8. The quantitative estimate of drug-likeness (QED) is 0.730. The van der Waals surface area contributed by atoms with Gasteiger partial charge in [-0.25, -0.2) is 0 Å². The maximum Gasteiger partial charge on any atom is 0.324 e. The molecule has 3 aliphatic rings. The fourth-order valence-corrected chi connectivity index (χ4v) is 6.52. The monoisotopic (exact) mass is 418 g/mol. The lowest BCUT2D eigenvalue weighted by Gasteiger charge is -2.37. The van der Waals surface area contributed by atoms with Crippen LogP contribution in [-0.2, 0) is 14.4 Å².